The third-order valence-electron chi connectivity index (χ3n) is 3.75. The van der Waals surface area contributed by atoms with Gasteiger partial charge in [0.05, 0.1) is 4.92 Å². The predicted molar refractivity (Wildman–Crippen MR) is 105 cm³/mol. The summed E-state index contributed by atoms with van der Waals surface area (Å²) in [6.45, 7) is 5.75. The molecule has 8 heteroatoms. The molecular weight excluding hydrogens is 368 g/mol. The van der Waals surface area contributed by atoms with E-state index in [2.05, 4.69) is 15.6 Å². The van der Waals surface area contributed by atoms with Crippen molar-refractivity contribution in [3.8, 4) is 0 Å². The van der Waals surface area contributed by atoms with Crippen molar-refractivity contribution in [1.29, 1.82) is 0 Å². The van der Waals surface area contributed by atoms with E-state index in [0.29, 0.717) is 16.1 Å². The Morgan fingerprint density at radius 3 is 2.37 bits per heavy atom. The molecule has 1 aromatic heterocycles. The molecule has 1 aromatic carbocycles. The number of hydrogen-bond acceptors (Lipinski definition) is 5. The zero-order chi connectivity index (χ0) is 20.0. The van der Waals surface area contributed by atoms with E-state index in [1.54, 1.807) is 42.6 Å². The Morgan fingerprint density at radius 1 is 1.19 bits per heavy atom. The lowest BCUT2D eigenvalue weighted by atomic mass is 9.91. The molecule has 2 N–H and O–H groups in total. The summed E-state index contributed by atoms with van der Waals surface area (Å²) in [4.78, 5) is 27.1. The average molecular weight is 389 g/mol. The van der Waals surface area contributed by atoms with E-state index in [1.807, 2.05) is 20.8 Å². The number of pyridine rings is 1. The Morgan fingerprint density at radius 2 is 1.85 bits per heavy atom. The van der Waals surface area contributed by atoms with Crippen LogP contribution in [0.2, 0.25) is 5.02 Å². The molecule has 0 aliphatic carbocycles. The normalized spacial score (nSPS) is 13.0. The minimum atomic E-state index is -0.577. The van der Waals surface area contributed by atoms with Gasteiger partial charge in [0.1, 0.15) is 11.9 Å². The Labute approximate surface area is 162 Å². The van der Waals surface area contributed by atoms with Gasteiger partial charge < -0.3 is 10.6 Å². The van der Waals surface area contributed by atoms with Crippen LogP contribution in [0.25, 0.3) is 5.70 Å². The summed E-state index contributed by atoms with van der Waals surface area (Å²) in [5, 5.41) is 17.6. The second kappa shape index (κ2) is 8.64. The highest BCUT2D eigenvalue weighted by Gasteiger charge is 2.28. The lowest BCUT2D eigenvalue weighted by molar-refractivity contribution is -0.401. The number of hydrogen-bond donors (Lipinski definition) is 2. The van der Waals surface area contributed by atoms with Crippen LogP contribution in [0.3, 0.4) is 0 Å². The van der Waals surface area contributed by atoms with Gasteiger partial charge in [-0.25, -0.2) is 0 Å². The fourth-order valence-corrected chi connectivity index (χ4v) is 2.39. The summed E-state index contributed by atoms with van der Waals surface area (Å²) in [6.07, 6.45) is 3.39. The van der Waals surface area contributed by atoms with E-state index in [0.717, 1.165) is 6.20 Å². The van der Waals surface area contributed by atoms with Gasteiger partial charge in [-0.3, -0.25) is 19.9 Å². The standard InChI is InChI=1S/C19H21ClN4O3/c1-19(2,3)18(23-17(25)13-6-8-15(20)9-7-13)22-16(12-24(26)27)14-5-4-10-21-11-14/h4-12,18,22H,1-3H3,(H,23,25)/b16-12+. The summed E-state index contributed by atoms with van der Waals surface area (Å²) in [7, 11) is 0. The van der Waals surface area contributed by atoms with E-state index in [-0.39, 0.29) is 11.6 Å². The van der Waals surface area contributed by atoms with Gasteiger partial charge in [0.25, 0.3) is 12.1 Å². The minimum absolute atomic E-state index is 0.254. The van der Waals surface area contributed by atoms with E-state index in [4.69, 9.17) is 11.6 Å². The molecule has 2 rings (SSSR count). The van der Waals surface area contributed by atoms with Crippen LogP contribution in [0.1, 0.15) is 36.7 Å². The molecule has 142 valence electrons. The number of aromatic nitrogens is 1. The lowest BCUT2D eigenvalue weighted by Gasteiger charge is -2.33. The van der Waals surface area contributed by atoms with Crippen molar-refractivity contribution >= 4 is 23.2 Å². The van der Waals surface area contributed by atoms with Crippen molar-refractivity contribution in [1.82, 2.24) is 15.6 Å². The summed E-state index contributed by atoms with van der Waals surface area (Å²) in [5.74, 6) is -0.314. The van der Waals surface area contributed by atoms with Crippen molar-refractivity contribution in [3.63, 3.8) is 0 Å². The van der Waals surface area contributed by atoms with Gasteiger partial charge in [0.15, 0.2) is 0 Å². The number of amides is 1. The van der Waals surface area contributed by atoms with Crippen molar-refractivity contribution in [2.24, 2.45) is 5.41 Å². The molecule has 7 nitrogen and oxygen atoms in total. The maximum Gasteiger partial charge on any atom is 0.258 e. The molecule has 1 heterocycles. The highest BCUT2D eigenvalue weighted by molar-refractivity contribution is 6.30. The largest absolute Gasteiger partial charge is 0.359 e. The Bertz CT molecular complexity index is 830. The first-order valence-corrected chi connectivity index (χ1v) is 8.63. The molecule has 0 saturated heterocycles. The van der Waals surface area contributed by atoms with E-state index in [1.165, 1.54) is 6.20 Å². The van der Waals surface area contributed by atoms with Gasteiger partial charge in [0, 0.05) is 34.0 Å². The molecule has 0 spiro atoms. The zero-order valence-electron chi connectivity index (χ0n) is 15.3. The Hall–Kier alpha value is -2.93. The monoisotopic (exact) mass is 388 g/mol. The van der Waals surface area contributed by atoms with Gasteiger partial charge in [-0.1, -0.05) is 32.4 Å². The van der Waals surface area contributed by atoms with Crippen LogP contribution in [0.15, 0.2) is 55.0 Å². The van der Waals surface area contributed by atoms with Crippen molar-refractivity contribution in [2.45, 2.75) is 26.9 Å². The van der Waals surface area contributed by atoms with Gasteiger partial charge in [-0.15, -0.1) is 0 Å². The number of nitrogens with one attached hydrogen (secondary N) is 2. The number of rotatable bonds is 6. The van der Waals surface area contributed by atoms with Crippen LogP contribution in [-0.2, 0) is 0 Å². The van der Waals surface area contributed by atoms with Crippen molar-refractivity contribution < 1.29 is 9.72 Å². The molecule has 0 saturated carbocycles. The average Bonchev–Trinajstić information content (AvgIpc) is 2.60. The van der Waals surface area contributed by atoms with E-state index < -0.39 is 16.5 Å². The van der Waals surface area contributed by atoms with Crippen LogP contribution < -0.4 is 10.6 Å². The van der Waals surface area contributed by atoms with E-state index in [9.17, 15) is 14.9 Å². The van der Waals surface area contributed by atoms with Gasteiger partial charge >= 0.3 is 0 Å². The maximum absolute atomic E-state index is 12.6. The summed E-state index contributed by atoms with van der Waals surface area (Å²) in [6, 6.07) is 9.88. The smallest absolute Gasteiger partial charge is 0.258 e. The lowest BCUT2D eigenvalue weighted by Crippen LogP contribution is -2.52. The molecular formula is C19H21ClN4O3. The van der Waals surface area contributed by atoms with Crippen molar-refractivity contribution in [2.75, 3.05) is 0 Å². The van der Waals surface area contributed by atoms with E-state index >= 15 is 0 Å². The quantitative estimate of drug-likeness (QED) is 0.446. The third-order valence-corrected chi connectivity index (χ3v) is 4.01. The van der Waals surface area contributed by atoms with Gasteiger partial charge in [-0.2, -0.15) is 0 Å². The topological polar surface area (TPSA) is 97.2 Å². The van der Waals surface area contributed by atoms with Crippen LogP contribution in [-0.4, -0.2) is 22.0 Å². The second-order valence-corrected chi connectivity index (χ2v) is 7.43. The first-order valence-electron chi connectivity index (χ1n) is 8.25. The zero-order valence-corrected chi connectivity index (χ0v) is 16.0. The van der Waals surface area contributed by atoms with Crippen LogP contribution in [0, 0.1) is 15.5 Å². The molecule has 0 radical (unpaired) electrons. The first kappa shape index (κ1) is 20.4. The number of benzene rings is 1. The van der Waals surface area contributed by atoms with Gasteiger partial charge in [-0.05, 0) is 36.4 Å². The molecule has 0 aliphatic heterocycles. The number of carbonyl (C=O) groups is 1. The highest BCUT2D eigenvalue weighted by atomic mass is 35.5. The van der Waals surface area contributed by atoms with Crippen LogP contribution in [0.4, 0.5) is 0 Å². The Kier molecular flexibility index (Phi) is 6.52. The summed E-state index contributed by atoms with van der Waals surface area (Å²) in [5.41, 5.74) is 0.810. The fraction of sp³-hybridized carbons (Fsp3) is 0.263. The van der Waals surface area contributed by atoms with Crippen molar-refractivity contribution in [3.05, 3.63) is 81.3 Å². The molecule has 2 aromatic rings. The molecule has 1 atom stereocenters. The van der Waals surface area contributed by atoms with Crippen LogP contribution in [0.5, 0.6) is 0 Å². The van der Waals surface area contributed by atoms with Gasteiger partial charge in [0.2, 0.25) is 0 Å². The number of nitro groups is 1. The fourth-order valence-electron chi connectivity index (χ4n) is 2.26. The number of halogens is 1. The second-order valence-electron chi connectivity index (χ2n) is 6.99. The van der Waals surface area contributed by atoms with Crippen LogP contribution >= 0.6 is 11.6 Å². The highest BCUT2D eigenvalue weighted by Crippen LogP contribution is 2.22. The molecule has 0 aliphatic rings. The molecule has 0 bridgehead atoms. The predicted octanol–water partition coefficient (Wildman–Crippen LogP) is 3.70. The Balaban J connectivity index is 2.28. The maximum atomic E-state index is 12.6. The minimum Gasteiger partial charge on any atom is -0.359 e. The molecule has 27 heavy (non-hydrogen) atoms. The first-order chi connectivity index (χ1) is 12.7. The molecule has 0 fully saturated rings. The number of carbonyl (C=O) groups excluding carboxylic acids is 1. The third kappa shape index (κ3) is 6.07. The summed E-state index contributed by atoms with van der Waals surface area (Å²) < 4.78 is 0. The SMILES string of the molecule is CC(C)(C)C(NC(=O)c1ccc(Cl)cc1)N/C(=C/[N+](=O)[O-])c1cccnc1. The number of nitrogens with zero attached hydrogens (tertiary/aromatic N) is 2. The molecule has 1 amide bonds. The summed E-state index contributed by atoms with van der Waals surface area (Å²) >= 11 is 5.86. The molecule has 1 unspecified atom stereocenters.